The van der Waals surface area contributed by atoms with Crippen molar-refractivity contribution in [1.82, 2.24) is 5.06 Å². The molecule has 8 nitrogen and oxygen atoms in total. The van der Waals surface area contributed by atoms with Gasteiger partial charge in [0, 0.05) is 41.2 Å². The molecule has 9 atom stereocenters. The number of thioether (sulfide) groups is 1. The van der Waals surface area contributed by atoms with Gasteiger partial charge in [-0.1, -0.05) is 25.5 Å². The molecule has 214 valence electrons. The summed E-state index contributed by atoms with van der Waals surface area (Å²) in [6.07, 6.45) is 11.8. The van der Waals surface area contributed by atoms with Crippen LogP contribution in [0, 0.1) is 34.5 Å². The van der Waals surface area contributed by atoms with Crippen LogP contribution in [0.1, 0.15) is 51.5 Å². The maximum absolute atomic E-state index is 14.4. The molecule has 0 radical (unpaired) electrons. The summed E-state index contributed by atoms with van der Waals surface area (Å²) in [4.78, 5) is 45.6. The zero-order chi connectivity index (χ0) is 27.9. The molecule has 1 N–H and O–H groups in total. The molecule has 2 aliphatic heterocycles. The summed E-state index contributed by atoms with van der Waals surface area (Å²) in [5, 5.41) is 13.5. The number of furan rings is 1. The van der Waals surface area contributed by atoms with E-state index in [2.05, 4.69) is 13.8 Å². The maximum atomic E-state index is 14.4. The number of ketones is 2. The van der Waals surface area contributed by atoms with Crippen molar-refractivity contribution in [2.24, 2.45) is 34.5 Å². The number of carbonyl (C=O) groups is 3. The average Bonchev–Trinajstić information content (AvgIpc) is 3.69. The summed E-state index contributed by atoms with van der Waals surface area (Å²) in [6.45, 7) is 5.88. The number of esters is 1. The van der Waals surface area contributed by atoms with Crippen molar-refractivity contribution in [2.75, 3.05) is 18.9 Å². The number of cyclic esters (lactones) is 1. The first kappa shape index (κ1) is 26.7. The minimum atomic E-state index is -1.07. The Balaban J connectivity index is 1.22. The molecule has 1 aromatic heterocycles. The van der Waals surface area contributed by atoms with E-state index in [-0.39, 0.29) is 57.6 Å². The van der Waals surface area contributed by atoms with Crippen LogP contribution in [0.4, 0.5) is 0 Å². The van der Waals surface area contributed by atoms with E-state index in [9.17, 15) is 19.5 Å². The van der Waals surface area contributed by atoms with Crippen LogP contribution < -0.4 is 0 Å². The van der Waals surface area contributed by atoms with Gasteiger partial charge in [-0.3, -0.25) is 19.2 Å². The molecule has 7 rings (SSSR count). The highest BCUT2D eigenvalue weighted by molar-refractivity contribution is 8.01. The molecule has 3 saturated carbocycles. The highest BCUT2D eigenvalue weighted by Crippen LogP contribution is 2.70. The summed E-state index contributed by atoms with van der Waals surface area (Å²) < 4.78 is 10.4. The lowest BCUT2D eigenvalue weighted by atomic mass is 9.46. The predicted octanol–water partition coefficient (Wildman–Crippen LogP) is 3.89. The lowest BCUT2D eigenvalue weighted by molar-refractivity contribution is -0.252. The van der Waals surface area contributed by atoms with Gasteiger partial charge in [0.15, 0.2) is 17.2 Å². The summed E-state index contributed by atoms with van der Waals surface area (Å²) in [5.41, 5.74) is 0.102. The van der Waals surface area contributed by atoms with Gasteiger partial charge < -0.3 is 14.3 Å². The molecule has 1 aromatic rings. The number of hydrogen-bond acceptors (Lipinski definition) is 9. The Kier molecular flexibility index (Phi) is 6.28. The van der Waals surface area contributed by atoms with E-state index >= 15 is 0 Å². The Labute approximate surface area is 238 Å². The Morgan fingerprint density at radius 1 is 1.25 bits per heavy atom. The summed E-state index contributed by atoms with van der Waals surface area (Å²) in [5.74, 6) is 0.365. The molecule has 0 spiro atoms. The van der Waals surface area contributed by atoms with E-state index in [4.69, 9.17) is 14.0 Å². The Hall–Kier alpha value is -2.20. The van der Waals surface area contributed by atoms with Crippen molar-refractivity contribution in [2.45, 2.75) is 69.5 Å². The molecular weight excluding hydrogens is 530 g/mol. The molecule has 4 aliphatic carbocycles. The van der Waals surface area contributed by atoms with Crippen LogP contribution in [-0.2, 0) is 30.5 Å². The minimum absolute atomic E-state index is 0.00873. The number of carbonyl (C=O) groups excluding carboxylic acids is 3. The van der Waals surface area contributed by atoms with E-state index in [1.807, 2.05) is 17.2 Å². The summed E-state index contributed by atoms with van der Waals surface area (Å²) in [6, 6.07) is 1.91. The van der Waals surface area contributed by atoms with Crippen LogP contribution in [-0.4, -0.2) is 63.6 Å². The number of aliphatic hydroxyl groups is 1. The molecule has 40 heavy (non-hydrogen) atoms. The molecule has 5 fully saturated rings. The van der Waals surface area contributed by atoms with Crippen LogP contribution >= 0.6 is 11.8 Å². The first-order valence-corrected chi connectivity index (χ1v) is 15.6. The standard InChI is InChI=1S/C31H37NO7S/c1-29-8-5-21(33)11-19(29)3-4-22-23-12-20-15-32(14-18-6-9-37-16-18)39-31(20,30(23,2)13-24(34)27(22)29)26(35)17-40-25-7-10-38-28(25)36/h5-6,8-9,11,16,20,22-25,27,34H,3-4,7,10,12-15,17H2,1-2H3/t20-,22-,23-,24-,25?,27+,29-,30-,31-/m0/s1. The van der Waals surface area contributed by atoms with Gasteiger partial charge in [-0.15, -0.1) is 11.8 Å². The number of ether oxygens (including phenoxy) is 1. The average molecular weight is 568 g/mol. The number of Topliss-reactive ketones (excluding diaryl/α,β-unsaturated/α-hetero) is 1. The summed E-state index contributed by atoms with van der Waals surface area (Å²) >= 11 is 1.36. The minimum Gasteiger partial charge on any atom is -0.472 e. The van der Waals surface area contributed by atoms with Crippen LogP contribution in [0.25, 0.3) is 0 Å². The second-order valence-electron chi connectivity index (χ2n) is 13.1. The smallest absolute Gasteiger partial charge is 0.319 e. The molecule has 0 bridgehead atoms. The van der Waals surface area contributed by atoms with Crippen LogP contribution in [0.3, 0.4) is 0 Å². The molecule has 0 amide bonds. The summed E-state index contributed by atoms with van der Waals surface area (Å²) in [7, 11) is 0. The monoisotopic (exact) mass is 567 g/mol. The van der Waals surface area contributed by atoms with Crippen molar-refractivity contribution in [1.29, 1.82) is 0 Å². The molecule has 9 heteroatoms. The first-order chi connectivity index (χ1) is 19.2. The van der Waals surface area contributed by atoms with Gasteiger partial charge in [0.05, 0.1) is 37.5 Å². The van der Waals surface area contributed by atoms with E-state index in [0.717, 1.165) is 30.4 Å². The zero-order valence-electron chi connectivity index (χ0n) is 23.0. The van der Waals surface area contributed by atoms with Crippen molar-refractivity contribution in [3.63, 3.8) is 0 Å². The Bertz CT molecular complexity index is 1290. The SMILES string of the molecule is C[C@]12C=CC(=O)C=C1CC[C@@H]1[C@@H]2[C@@H](O)C[C@@]2(C)[C@H]1C[C@H]1CN(Cc3ccoc3)O[C@]12C(=O)CSC1CCOC1=O. The van der Waals surface area contributed by atoms with Gasteiger partial charge in [0.25, 0.3) is 0 Å². The second kappa shape index (κ2) is 9.41. The highest BCUT2D eigenvalue weighted by atomic mass is 32.2. The van der Waals surface area contributed by atoms with Crippen LogP contribution in [0.5, 0.6) is 0 Å². The van der Waals surface area contributed by atoms with Crippen molar-refractivity contribution < 1.29 is 33.5 Å². The zero-order valence-corrected chi connectivity index (χ0v) is 23.9. The highest BCUT2D eigenvalue weighted by Gasteiger charge is 2.75. The number of rotatable bonds is 6. The number of aliphatic hydroxyl groups excluding tert-OH is 1. The fraction of sp³-hybridized carbons (Fsp3) is 0.645. The molecule has 0 aromatic carbocycles. The van der Waals surface area contributed by atoms with Crippen molar-refractivity contribution in [3.8, 4) is 0 Å². The third-order valence-corrected chi connectivity index (χ3v) is 12.5. The van der Waals surface area contributed by atoms with Gasteiger partial charge in [0.1, 0.15) is 5.25 Å². The van der Waals surface area contributed by atoms with Gasteiger partial charge >= 0.3 is 5.97 Å². The lowest BCUT2D eigenvalue weighted by Crippen LogP contribution is -2.63. The largest absolute Gasteiger partial charge is 0.472 e. The van der Waals surface area contributed by atoms with Gasteiger partial charge in [-0.05, 0) is 55.7 Å². The fourth-order valence-corrected chi connectivity index (χ4v) is 10.6. The van der Waals surface area contributed by atoms with Gasteiger partial charge in [0.2, 0.25) is 0 Å². The van der Waals surface area contributed by atoms with Crippen LogP contribution in [0.15, 0.2) is 46.8 Å². The van der Waals surface area contributed by atoms with Crippen LogP contribution in [0.2, 0.25) is 0 Å². The first-order valence-electron chi connectivity index (χ1n) is 14.5. The fourth-order valence-electron chi connectivity index (χ4n) is 9.53. The van der Waals surface area contributed by atoms with E-state index < -0.39 is 17.1 Å². The quantitative estimate of drug-likeness (QED) is 0.513. The van der Waals surface area contributed by atoms with E-state index in [0.29, 0.717) is 32.5 Å². The molecule has 6 aliphatic rings. The number of nitrogens with zero attached hydrogens (tertiary/aromatic N) is 1. The lowest BCUT2D eigenvalue weighted by Gasteiger charge is -2.60. The molecule has 2 saturated heterocycles. The third kappa shape index (κ3) is 3.73. The van der Waals surface area contributed by atoms with Gasteiger partial charge in [-0.25, -0.2) is 0 Å². The number of hydrogen-bond donors (Lipinski definition) is 1. The van der Waals surface area contributed by atoms with Crippen molar-refractivity contribution >= 4 is 29.3 Å². The van der Waals surface area contributed by atoms with E-state index in [1.165, 1.54) is 11.8 Å². The Morgan fingerprint density at radius 2 is 2.10 bits per heavy atom. The predicted molar refractivity (Wildman–Crippen MR) is 147 cm³/mol. The number of fused-ring (bicyclic) bond motifs is 7. The molecule has 3 heterocycles. The normalized spacial score (nSPS) is 44.0. The Morgan fingerprint density at radius 3 is 2.85 bits per heavy atom. The number of allylic oxidation sites excluding steroid dienone is 4. The van der Waals surface area contributed by atoms with Crippen molar-refractivity contribution in [3.05, 3.63) is 48.0 Å². The van der Waals surface area contributed by atoms with Gasteiger partial charge in [-0.2, -0.15) is 5.06 Å². The second-order valence-corrected chi connectivity index (χ2v) is 14.3. The molecular formula is C31H37NO7S. The third-order valence-electron chi connectivity index (χ3n) is 11.2. The topological polar surface area (TPSA) is 106 Å². The molecule has 1 unspecified atom stereocenters. The number of hydroxylamine groups is 2. The van der Waals surface area contributed by atoms with E-state index in [1.54, 1.807) is 24.7 Å². The maximum Gasteiger partial charge on any atom is 0.319 e.